The van der Waals surface area contributed by atoms with Gasteiger partial charge in [-0.25, -0.2) is 0 Å². The van der Waals surface area contributed by atoms with Crippen LogP contribution in [-0.4, -0.2) is 25.3 Å². The van der Waals surface area contributed by atoms with Crippen molar-refractivity contribution in [3.05, 3.63) is 0 Å². The molecule has 1 saturated carbocycles. The van der Waals surface area contributed by atoms with E-state index in [0.717, 1.165) is 31.0 Å². The molecule has 1 aliphatic heterocycles. The Morgan fingerprint density at radius 1 is 1.07 bits per heavy atom. The van der Waals surface area contributed by atoms with Crippen LogP contribution in [-0.2, 0) is 4.74 Å². The highest BCUT2D eigenvalue weighted by atomic mass is 16.5. The molecular weight excluding hydrogens is 186 g/mol. The summed E-state index contributed by atoms with van der Waals surface area (Å²) in [5, 5.41) is 3.74. The van der Waals surface area contributed by atoms with Gasteiger partial charge in [0.05, 0.1) is 6.10 Å². The standard InChI is InChI=1S/C13H25NO/c1-10-5-3-6-11(2)13(10)14-9-12-7-4-8-15-12/h10-14H,3-9H2,1-2H3/t10-,11+,12-,13?/m1/s1. The summed E-state index contributed by atoms with van der Waals surface area (Å²) >= 11 is 0. The van der Waals surface area contributed by atoms with Gasteiger partial charge in [0.25, 0.3) is 0 Å². The Labute approximate surface area is 93.8 Å². The molecule has 2 fully saturated rings. The van der Waals surface area contributed by atoms with Crippen molar-refractivity contribution in [2.75, 3.05) is 13.2 Å². The van der Waals surface area contributed by atoms with E-state index in [-0.39, 0.29) is 0 Å². The van der Waals surface area contributed by atoms with E-state index in [1.54, 1.807) is 0 Å². The molecule has 2 rings (SSSR count). The molecule has 1 heterocycles. The summed E-state index contributed by atoms with van der Waals surface area (Å²) in [5.41, 5.74) is 0. The van der Waals surface area contributed by atoms with Crippen molar-refractivity contribution in [3.8, 4) is 0 Å². The second-order valence-electron chi connectivity index (χ2n) is 5.45. The molecule has 1 saturated heterocycles. The summed E-state index contributed by atoms with van der Waals surface area (Å²) in [7, 11) is 0. The SMILES string of the molecule is C[C@@H]1CCC[C@H](C)C1NC[C@H]1CCCO1. The van der Waals surface area contributed by atoms with Crippen LogP contribution in [0.3, 0.4) is 0 Å². The van der Waals surface area contributed by atoms with Gasteiger partial charge in [-0.1, -0.05) is 20.3 Å². The molecule has 0 aromatic heterocycles. The zero-order valence-corrected chi connectivity index (χ0v) is 10.2. The van der Waals surface area contributed by atoms with Gasteiger partial charge in [-0.05, 0) is 37.5 Å². The minimum Gasteiger partial charge on any atom is -0.377 e. The van der Waals surface area contributed by atoms with Crippen LogP contribution in [0.1, 0.15) is 46.0 Å². The topological polar surface area (TPSA) is 21.3 Å². The normalized spacial score (nSPS) is 42.0. The summed E-state index contributed by atoms with van der Waals surface area (Å²) in [4.78, 5) is 0. The number of ether oxygens (including phenoxy) is 1. The molecule has 0 aromatic carbocycles. The van der Waals surface area contributed by atoms with Crippen molar-refractivity contribution in [1.82, 2.24) is 5.32 Å². The summed E-state index contributed by atoms with van der Waals surface area (Å²) in [6.07, 6.45) is 7.21. The summed E-state index contributed by atoms with van der Waals surface area (Å²) in [6.45, 7) is 6.83. The summed E-state index contributed by atoms with van der Waals surface area (Å²) in [6, 6.07) is 0.725. The van der Waals surface area contributed by atoms with Gasteiger partial charge in [-0.3, -0.25) is 0 Å². The predicted molar refractivity (Wildman–Crippen MR) is 62.9 cm³/mol. The van der Waals surface area contributed by atoms with Crippen molar-refractivity contribution in [1.29, 1.82) is 0 Å². The molecule has 4 atom stereocenters. The molecule has 88 valence electrons. The molecule has 0 radical (unpaired) electrons. The molecule has 15 heavy (non-hydrogen) atoms. The van der Waals surface area contributed by atoms with Gasteiger partial charge < -0.3 is 10.1 Å². The third kappa shape index (κ3) is 2.94. The lowest BCUT2D eigenvalue weighted by atomic mass is 9.78. The van der Waals surface area contributed by atoms with Gasteiger partial charge in [-0.15, -0.1) is 0 Å². The molecule has 1 unspecified atom stereocenters. The molecule has 1 aliphatic carbocycles. The predicted octanol–water partition coefficient (Wildman–Crippen LogP) is 2.58. The molecule has 0 spiro atoms. The van der Waals surface area contributed by atoms with E-state index in [1.165, 1.54) is 32.1 Å². The van der Waals surface area contributed by atoms with Crippen molar-refractivity contribution in [2.45, 2.75) is 58.1 Å². The van der Waals surface area contributed by atoms with Crippen LogP contribution in [0.5, 0.6) is 0 Å². The lowest BCUT2D eigenvalue weighted by Gasteiger charge is -2.36. The van der Waals surface area contributed by atoms with E-state index in [1.807, 2.05) is 0 Å². The lowest BCUT2D eigenvalue weighted by molar-refractivity contribution is 0.0968. The van der Waals surface area contributed by atoms with Gasteiger partial charge in [0, 0.05) is 19.2 Å². The molecule has 1 N–H and O–H groups in total. The first kappa shape index (κ1) is 11.4. The number of nitrogens with one attached hydrogen (secondary N) is 1. The van der Waals surface area contributed by atoms with E-state index >= 15 is 0 Å². The second-order valence-corrected chi connectivity index (χ2v) is 5.45. The minimum atomic E-state index is 0.492. The molecule has 2 aliphatic rings. The Balaban J connectivity index is 1.75. The van der Waals surface area contributed by atoms with E-state index in [9.17, 15) is 0 Å². The highest BCUT2D eigenvalue weighted by molar-refractivity contribution is 4.84. The van der Waals surface area contributed by atoms with Crippen LogP contribution < -0.4 is 5.32 Å². The highest BCUT2D eigenvalue weighted by Crippen LogP contribution is 2.28. The average molecular weight is 211 g/mol. The summed E-state index contributed by atoms with van der Waals surface area (Å²) < 4.78 is 5.65. The van der Waals surface area contributed by atoms with E-state index in [2.05, 4.69) is 19.2 Å². The maximum absolute atomic E-state index is 5.65. The fourth-order valence-corrected chi connectivity index (χ4v) is 3.16. The van der Waals surface area contributed by atoms with Crippen molar-refractivity contribution in [2.24, 2.45) is 11.8 Å². The number of hydrogen-bond acceptors (Lipinski definition) is 2. The smallest absolute Gasteiger partial charge is 0.0700 e. The molecule has 0 amide bonds. The van der Waals surface area contributed by atoms with Crippen LogP contribution in [0, 0.1) is 11.8 Å². The summed E-state index contributed by atoms with van der Waals surface area (Å²) in [5.74, 6) is 1.69. The monoisotopic (exact) mass is 211 g/mol. The number of hydrogen-bond donors (Lipinski definition) is 1. The largest absolute Gasteiger partial charge is 0.377 e. The fraction of sp³-hybridized carbons (Fsp3) is 1.00. The van der Waals surface area contributed by atoms with E-state index in [0.29, 0.717) is 6.10 Å². The van der Waals surface area contributed by atoms with Crippen LogP contribution in [0.2, 0.25) is 0 Å². The first-order valence-corrected chi connectivity index (χ1v) is 6.62. The van der Waals surface area contributed by atoms with Gasteiger partial charge in [0.15, 0.2) is 0 Å². The average Bonchev–Trinajstić information content (AvgIpc) is 2.70. The van der Waals surface area contributed by atoms with Crippen LogP contribution >= 0.6 is 0 Å². The van der Waals surface area contributed by atoms with Gasteiger partial charge in [-0.2, -0.15) is 0 Å². The zero-order valence-electron chi connectivity index (χ0n) is 10.2. The van der Waals surface area contributed by atoms with Gasteiger partial charge >= 0.3 is 0 Å². The minimum absolute atomic E-state index is 0.492. The molecular formula is C13H25NO. The van der Waals surface area contributed by atoms with Crippen molar-refractivity contribution >= 4 is 0 Å². The third-order valence-electron chi connectivity index (χ3n) is 4.15. The Kier molecular flexibility index (Phi) is 4.04. The fourth-order valence-electron chi connectivity index (χ4n) is 3.16. The van der Waals surface area contributed by atoms with Gasteiger partial charge in [0.2, 0.25) is 0 Å². The maximum Gasteiger partial charge on any atom is 0.0700 e. The van der Waals surface area contributed by atoms with Crippen LogP contribution in [0.15, 0.2) is 0 Å². The van der Waals surface area contributed by atoms with Crippen LogP contribution in [0.25, 0.3) is 0 Å². The maximum atomic E-state index is 5.65. The molecule has 2 heteroatoms. The molecule has 0 aromatic rings. The lowest BCUT2D eigenvalue weighted by Crippen LogP contribution is -2.45. The first-order chi connectivity index (χ1) is 7.27. The Morgan fingerprint density at radius 3 is 2.40 bits per heavy atom. The quantitative estimate of drug-likeness (QED) is 0.774. The number of rotatable bonds is 3. The Bertz CT molecular complexity index is 179. The highest BCUT2D eigenvalue weighted by Gasteiger charge is 2.28. The Hall–Kier alpha value is -0.0800. The van der Waals surface area contributed by atoms with Crippen LogP contribution in [0.4, 0.5) is 0 Å². The van der Waals surface area contributed by atoms with Crippen molar-refractivity contribution in [3.63, 3.8) is 0 Å². The third-order valence-corrected chi connectivity index (χ3v) is 4.15. The zero-order chi connectivity index (χ0) is 10.7. The van der Waals surface area contributed by atoms with Crippen molar-refractivity contribution < 1.29 is 4.74 Å². The van der Waals surface area contributed by atoms with E-state index < -0.39 is 0 Å². The molecule has 0 bridgehead atoms. The van der Waals surface area contributed by atoms with E-state index in [4.69, 9.17) is 4.74 Å². The first-order valence-electron chi connectivity index (χ1n) is 6.62. The van der Waals surface area contributed by atoms with Gasteiger partial charge in [0.1, 0.15) is 0 Å². The Morgan fingerprint density at radius 2 is 1.80 bits per heavy atom. The second kappa shape index (κ2) is 5.31. The molecule has 2 nitrogen and oxygen atoms in total.